The standard InChI is InChI=1S/C14H14O4S2.C8H10O2S/c1-7-9-11(17-5-3-15-9)13(19-7)14-12-10(8(2)20-14)16-4-6-18-12;1-5-7-8(6(2)11-5)10-4-3-9-7/h3-6H2,1-2H3;3-4H2,1-2H3. The fraction of sp³-hybridized carbons (Fsp3) is 0.455. The first kappa shape index (κ1) is 20.8. The van der Waals surface area contributed by atoms with E-state index in [0.29, 0.717) is 39.6 Å². The second kappa shape index (κ2) is 8.44. The van der Waals surface area contributed by atoms with E-state index in [-0.39, 0.29) is 0 Å². The minimum Gasteiger partial charge on any atom is -0.485 e. The van der Waals surface area contributed by atoms with Crippen LogP contribution < -0.4 is 28.4 Å². The van der Waals surface area contributed by atoms with Crippen LogP contribution >= 0.6 is 34.0 Å². The van der Waals surface area contributed by atoms with Crippen LogP contribution in [0.3, 0.4) is 0 Å². The summed E-state index contributed by atoms with van der Waals surface area (Å²) in [5.74, 6) is 5.40. The predicted octanol–water partition coefficient (Wildman–Crippen LogP) is 5.77. The first-order valence-electron chi connectivity index (χ1n) is 10.2. The van der Waals surface area contributed by atoms with Crippen molar-refractivity contribution in [1.82, 2.24) is 0 Å². The van der Waals surface area contributed by atoms with Crippen LogP contribution in [0.2, 0.25) is 0 Å². The molecule has 3 aliphatic rings. The summed E-state index contributed by atoms with van der Waals surface area (Å²) in [5, 5.41) is 0. The Labute approximate surface area is 193 Å². The Morgan fingerprint density at radius 2 is 0.645 bits per heavy atom. The van der Waals surface area contributed by atoms with Gasteiger partial charge in [-0.3, -0.25) is 0 Å². The SMILES string of the molecule is Cc1sc(-c2sc(C)c3c2OCCO3)c2c1OCCO2.Cc1sc(C)c2c1OCCO2. The molecule has 3 aliphatic heterocycles. The molecule has 6 nitrogen and oxygen atoms in total. The maximum atomic E-state index is 5.83. The highest BCUT2D eigenvalue weighted by atomic mass is 32.1. The Hall–Kier alpha value is -2.10. The second-order valence-electron chi connectivity index (χ2n) is 7.25. The van der Waals surface area contributed by atoms with Crippen molar-refractivity contribution in [2.45, 2.75) is 27.7 Å². The minimum absolute atomic E-state index is 0.597. The number of ether oxygens (including phenoxy) is 6. The number of hydrogen-bond acceptors (Lipinski definition) is 9. The van der Waals surface area contributed by atoms with E-state index in [2.05, 4.69) is 27.7 Å². The normalized spacial score (nSPS) is 15.9. The van der Waals surface area contributed by atoms with Crippen LogP contribution in [-0.4, -0.2) is 39.6 Å². The summed E-state index contributed by atoms with van der Waals surface area (Å²) >= 11 is 5.12. The molecule has 0 N–H and O–H groups in total. The van der Waals surface area contributed by atoms with Gasteiger partial charge in [0.15, 0.2) is 34.5 Å². The first-order chi connectivity index (χ1) is 15.0. The summed E-state index contributed by atoms with van der Waals surface area (Å²) in [6.45, 7) is 12.0. The van der Waals surface area contributed by atoms with Gasteiger partial charge >= 0.3 is 0 Å². The van der Waals surface area contributed by atoms with E-state index in [1.807, 2.05) is 0 Å². The molecule has 0 spiro atoms. The van der Waals surface area contributed by atoms with Crippen molar-refractivity contribution in [3.05, 3.63) is 19.5 Å². The molecule has 0 aliphatic carbocycles. The molecule has 0 saturated carbocycles. The molecular formula is C22H24O6S3. The van der Waals surface area contributed by atoms with Crippen LogP contribution in [0.25, 0.3) is 9.75 Å². The van der Waals surface area contributed by atoms with Gasteiger partial charge in [-0.1, -0.05) is 0 Å². The largest absolute Gasteiger partial charge is 0.485 e. The molecular weight excluding hydrogens is 456 g/mol. The molecule has 166 valence electrons. The fourth-order valence-electron chi connectivity index (χ4n) is 3.75. The van der Waals surface area contributed by atoms with E-state index in [4.69, 9.17) is 28.4 Å². The molecule has 0 radical (unpaired) electrons. The second-order valence-corrected chi connectivity index (χ2v) is 11.1. The molecule has 0 bridgehead atoms. The third-order valence-electron chi connectivity index (χ3n) is 5.06. The lowest BCUT2D eigenvalue weighted by Gasteiger charge is -2.18. The summed E-state index contributed by atoms with van der Waals surface area (Å²) in [7, 11) is 0. The third-order valence-corrected chi connectivity index (χ3v) is 8.34. The minimum atomic E-state index is 0.597. The molecule has 6 rings (SSSR count). The van der Waals surface area contributed by atoms with Crippen molar-refractivity contribution in [1.29, 1.82) is 0 Å². The average Bonchev–Trinajstić information content (AvgIpc) is 3.41. The molecule has 0 unspecified atom stereocenters. The van der Waals surface area contributed by atoms with Gasteiger partial charge in [0, 0.05) is 19.5 Å². The number of aryl methyl sites for hydroxylation is 4. The van der Waals surface area contributed by atoms with E-state index in [9.17, 15) is 0 Å². The Kier molecular flexibility index (Phi) is 5.66. The zero-order chi connectivity index (χ0) is 21.5. The molecule has 0 atom stereocenters. The lowest BCUT2D eigenvalue weighted by Crippen LogP contribution is -2.15. The van der Waals surface area contributed by atoms with Crippen molar-refractivity contribution >= 4 is 34.0 Å². The Morgan fingerprint density at radius 3 is 1.00 bits per heavy atom. The molecule has 0 amide bonds. The summed E-state index contributed by atoms with van der Waals surface area (Å²) < 4.78 is 34.0. The number of thiophene rings is 3. The lowest BCUT2D eigenvalue weighted by molar-refractivity contribution is 0.171. The maximum absolute atomic E-state index is 5.83. The molecule has 6 heterocycles. The molecule has 9 heteroatoms. The van der Waals surface area contributed by atoms with Crippen LogP contribution in [0, 0.1) is 27.7 Å². The zero-order valence-corrected chi connectivity index (χ0v) is 20.4. The van der Waals surface area contributed by atoms with Crippen LogP contribution in [0.5, 0.6) is 34.5 Å². The van der Waals surface area contributed by atoms with E-state index in [1.165, 1.54) is 9.75 Å². The van der Waals surface area contributed by atoms with Gasteiger partial charge in [0.2, 0.25) is 0 Å². The van der Waals surface area contributed by atoms with E-state index in [1.54, 1.807) is 34.0 Å². The van der Waals surface area contributed by atoms with Gasteiger partial charge in [0.05, 0.1) is 9.75 Å². The van der Waals surface area contributed by atoms with Crippen LogP contribution in [-0.2, 0) is 0 Å². The van der Waals surface area contributed by atoms with Crippen LogP contribution in [0.4, 0.5) is 0 Å². The summed E-state index contributed by atoms with van der Waals surface area (Å²) in [5.41, 5.74) is 0. The summed E-state index contributed by atoms with van der Waals surface area (Å²) in [4.78, 5) is 6.92. The van der Waals surface area contributed by atoms with Gasteiger partial charge in [0.25, 0.3) is 0 Å². The van der Waals surface area contributed by atoms with Crippen molar-refractivity contribution in [3.63, 3.8) is 0 Å². The quantitative estimate of drug-likeness (QED) is 0.441. The molecule has 0 saturated heterocycles. The Bertz CT molecular complexity index is 1020. The van der Waals surface area contributed by atoms with Crippen LogP contribution in [0.1, 0.15) is 19.5 Å². The monoisotopic (exact) mass is 480 g/mol. The highest BCUT2D eigenvalue weighted by Gasteiger charge is 2.30. The lowest BCUT2D eigenvalue weighted by atomic mass is 10.2. The molecule has 3 aromatic rings. The Morgan fingerprint density at radius 1 is 0.387 bits per heavy atom. The van der Waals surface area contributed by atoms with E-state index in [0.717, 1.165) is 54.0 Å². The maximum Gasteiger partial charge on any atom is 0.181 e. The molecule has 0 fully saturated rings. The van der Waals surface area contributed by atoms with Crippen molar-refractivity contribution in [2.24, 2.45) is 0 Å². The molecule has 3 aromatic heterocycles. The van der Waals surface area contributed by atoms with Gasteiger partial charge in [0.1, 0.15) is 39.6 Å². The van der Waals surface area contributed by atoms with Crippen LogP contribution in [0.15, 0.2) is 0 Å². The average molecular weight is 481 g/mol. The van der Waals surface area contributed by atoms with Crippen molar-refractivity contribution < 1.29 is 28.4 Å². The Balaban J connectivity index is 0.000000157. The van der Waals surface area contributed by atoms with Crippen molar-refractivity contribution in [3.8, 4) is 44.3 Å². The third kappa shape index (κ3) is 3.72. The molecule has 0 aromatic carbocycles. The highest BCUT2D eigenvalue weighted by Crippen LogP contribution is 2.57. The predicted molar refractivity (Wildman–Crippen MR) is 124 cm³/mol. The summed E-state index contributed by atoms with van der Waals surface area (Å²) in [6, 6.07) is 0. The van der Waals surface area contributed by atoms with Gasteiger partial charge in [-0.25, -0.2) is 0 Å². The number of rotatable bonds is 1. The first-order valence-corrected chi connectivity index (χ1v) is 12.6. The smallest absolute Gasteiger partial charge is 0.181 e. The molecule has 31 heavy (non-hydrogen) atoms. The van der Waals surface area contributed by atoms with Gasteiger partial charge in [-0.05, 0) is 27.7 Å². The van der Waals surface area contributed by atoms with Gasteiger partial charge in [-0.2, -0.15) is 0 Å². The number of hydrogen-bond donors (Lipinski definition) is 0. The highest BCUT2D eigenvalue weighted by molar-refractivity contribution is 7.23. The summed E-state index contributed by atoms with van der Waals surface area (Å²) in [6.07, 6.45) is 0. The fourth-order valence-corrected chi connectivity index (χ4v) is 6.91. The number of fused-ring (bicyclic) bond motifs is 3. The van der Waals surface area contributed by atoms with Gasteiger partial charge < -0.3 is 28.4 Å². The van der Waals surface area contributed by atoms with E-state index >= 15 is 0 Å². The van der Waals surface area contributed by atoms with Gasteiger partial charge in [-0.15, -0.1) is 34.0 Å². The van der Waals surface area contributed by atoms with E-state index < -0.39 is 0 Å². The zero-order valence-electron chi connectivity index (χ0n) is 17.9. The van der Waals surface area contributed by atoms with Crippen molar-refractivity contribution in [2.75, 3.05) is 39.6 Å². The topological polar surface area (TPSA) is 55.4 Å².